The molecule has 0 saturated carbocycles. The number of fused-ring (bicyclic) bond motifs is 1. The van der Waals surface area contributed by atoms with Gasteiger partial charge in [-0.1, -0.05) is 19.1 Å². The summed E-state index contributed by atoms with van der Waals surface area (Å²) in [6, 6.07) is 11.2. The summed E-state index contributed by atoms with van der Waals surface area (Å²) in [5.74, 6) is 1.68. The van der Waals surface area contributed by atoms with Crippen LogP contribution >= 0.6 is 0 Å². The molecule has 0 amide bonds. The molecule has 7 nitrogen and oxygen atoms in total. The minimum absolute atomic E-state index is 0.263. The first kappa shape index (κ1) is 16.0. The summed E-state index contributed by atoms with van der Waals surface area (Å²) in [6.45, 7) is 2.64. The summed E-state index contributed by atoms with van der Waals surface area (Å²) in [6.07, 6.45) is 4.26. The fourth-order valence-corrected chi connectivity index (χ4v) is 2.68. The lowest BCUT2D eigenvalue weighted by Gasteiger charge is -2.09. The lowest BCUT2D eigenvalue weighted by Crippen LogP contribution is -2.10. The van der Waals surface area contributed by atoms with Gasteiger partial charge in [-0.05, 0) is 30.7 Å². The number of imidazole rings is 1. The third kappa shape index (κ3) is 2.95. The standard InChI is InChI=1S/C19H17N5O2/c1-2-10-26-14-8-4-3-7-13(14)17-23-18-15(19(25)24-17)21-16(22-18)12-6-5-9-20-11-12/h3-9,11H,2,10H2,1H3,(H2,21,22,23,24,25). The maximum atomic E-state index is 12.5. The van der Waals surface area contributed by atoms with E-state index < -0.39 is 0 Å². The zero-order valence-corrected chi connectivity index (χ0v) is 14.2. The molecule has 0 aliphatic rings. The van der Waals surface area contributed by atoms with E-state index in [-0.39, 0.29) is 11.1 Å². The van der Waals surface area contributed by atoms with Crippen molar-refractivity contribution < 1.29 is 4.74 Å². The largest absolute Gasteiger partial charge is 0.493 e. The molecule has 0 radical (unpaired) electrons. The number of para-hydroxylation sites is 1. The Bertz CT molecular complexity index is 1100. The van der Waals surface area contributed by atoms with E-state index in [1.807, 2.05) is 43.3 Å². The molecule has 0 spiro atoms. The third-order valence-electron chi connectivity index (χ3n) is 3.89. The van der Waals surface area contributed by atoms with E-state index in [2.05, 4.69) is 24.9 Å². The van der Waals surface area contributed by atoms with Crippen molar-refractivity contribution in [3.63, 3.8) is 0 Å². The number of aromatic nitrogens is 5. The van der Waals surface area contributed by atoms with Crippen LogP contribution in [0.5, 0.6) is 5.75 Å². The van der Waals surface area contributed by atoms with Crippen molar-refractivity contribution in [3.05, 3.63) is 59.1 Å². The van der Waals surface area contributed by atoms with Crippen molar-refractivity contribution in [1.29, 1.82) is 0 Å². The molecule has 1 aromatic carbocycles. The highest BCUT2D eigenvalue weighted by atomic mass is 16.5. The number of rotatable bonds is 5. The van der Waals surface area contributed by atoms with Gasteiger partial charge in [0.15, 0.2) is 11.2 Å². The van der Waals surface area contributed by atoms with Crippen LogP contribution in [0.25, 0.3) is 33.9 Å². The normalized spacial score (nSPS) is 11.0. The summed E-state index contributed by atoms with van der Waals surface area (Å²) >= 11 is 0. The maximum Gasteiger partial charge on any atom is 0.279 e. The van der Waals surface area contributed by atoms with Crippen LogP contribution in [0.2, 0.25) is 0 Å². The number of H-pyrrole nitrogens is 2. The predicted molar refractivity (Wildman–Crippen MR) is 99.0 cm³/mol. The van der Waals surface area contributed by atoms with Crippen LogP contribution in [0, 0.1) is 0 Å². The van der Waals surface area contributed by atoms with Crippen LogP contribution in [0.4, 0.5) is 0 Å². The van der Waals surface area contributed by atoms with E-state index >= 15 is 0 Å². The number of aromatic amines is 2. The number of nitrogens with one attached hydrogen (secondary N) is 2. The smallest absolute Gasteiger partial charge is 0.279 e. The lowest BCUT2D eigenvalue weighted by atomic mass is 10.2. The molecule has 3 aromatic heterocycles. The number of ether oxygens (including phenoxy) is 1. The van der Waals surface area contributed by atoms with E-state index in [1.54, 1.807) is 12.4 Å². The van der Waals surface area contributed by atoms with Gasteiger partial charge in [-0.3, -0.25) is 9.78 Å². The van der Waals surface area contributed by atoms with Gasteiger partial charge in [-0.15, -0.1) is 0 Å². The first-order valence-corrected chi connectivity index (χ1v) is 8.39. The van der Waals surface area contributed by atoms with Crippen molar-refractivity contribution in [2.24, 2.45) is 0 Å². The average Bonchev–Trinajstić information content (AvgIpc) is 3.12. The van der Waals surface area contributed by atoms with Crippen molar-refractivity contribution in [1.82, 2.24) is 24.9 Å². The Morgan fingerprint density at radius 3 is 2.73 bits per heavy atom. The molecule has 3 heterocycles. The highest BCUT2D eigenvalue weighted by Crippen LogP contribution is 2.27. The van der Waals surface area contributed by atoms with Crippen molar-refractivity contribution in [2.45, 2.75) is 13.3 Å². The van der Waals surface area contributed by atoms with Crippen LogP contribution in [0.1, 0.15) is 13.3 Å². The number of hydrogen-bond donors (Lipinski definition) is 2. The van der Waals surface area contributed by atoms with Crippen LogP contribution in [0.15, 0.2) is 53.6 Å². The quantitative estimate of drug-likeness (QED) is 0.578. The van der Waals surface area contributed by atoms with Gasteiger partial charge in [0, 0.05) is 18.0 Å². The molecular formula is C19H17N5O2. The second kappa shape index (κ2) is 6.79. The fourth-order valence-electron chi connectivity index (χ4n) is 2.68. The van der Waals surface area contributed by atoms with Crippen LogP contribution in [-0.4, -0.2) is 31.5 Å². The predicted octanol–water partition coefficient (Wildman–Crippen LogP) is 3.16. The number of nitrogens with zero attached hydrogens (tertiary/aromatic N) is 3. The van der Waals surface area contributed by atoms with Gasteiger partial charge < -0.3 is 14.7 Å². The first-order valence-electron chi connectivity index (χ1n) is 8.39. The zero-order chi connectivity index (χ0) is 17.9. The molecule has 0 bridgehead atoms. The molecule has 0 atom stereocenters. The zero-order valence-electron chi connectivity index (χ0n) is 14.2. The lowest BCUT2D eigenvalue weighted by molar-refractivity contribution is 0.318. The SMILES string of the molecule is CCCOc1ccccc1-c1nc2[nH]c(-c3cccnc3)nc2c(=O)[nH]1. The average molecular weight is 347 g/mol. The van der Waals surface area contributed by atoms with Gasteiger partial charge in [0.25, 0.3) is 5.56 Å². The molecule has 130 valence electrons. The number of hydrogen-bond acceptors (Lipinski definition) is 5. The molecular weight excluding hydrogens is 330 g/mol. The van der Waals surface area contributed by atoms with E-state index in [0.29, 0.717) is 29.7 Å². The molecule has 0 aliphatic carbocycles. The summed E-state index contributed by atoms with van der Waals surface area (Å²) < 4.78 is 5.77. The van der Waals surface area contributed by atoms with Crippen LogP contribution in [-0.2, 0) is 0 Å². The van der Waals surface area contributed by atoms with E-state index in [1.165, 1.54) is 0 Å². The molecule has 4 rings (SSSR count). The summed E-state index contributed by atoms with van der Waals surface area (Å²) in [5, 5.41) is 0. The van der Waals surface area contributed by atoms with Crippen molar-refractivity contribution in [3.8, 4) is 28.5 Å². The molecule has 0 saturated heterocycles. The highest BCUT2D eigenvalue weighted by Gasteiger charge is 2.14. The minimum Gasteiger partial charge on any atom is -0.493 e. The number of benzene rings is 1. The van der Waals surface area contributed by atoms with Crippen molar-refractivity contribution in [2.75, 3.05) is 6.61 Å². The summed E-state index contributed by atoms with van der Waals surface area (Å²) in [4.78, 5) is 31.4. The van der Waals surface area contributed by atoms with Crippen LogP contribution < -0.4 is 10.3 Å². The van der Waals surface area contributed by atoms with Gasteiger partial charge in [0.1, 0.15) is 17.4 Å². The minimum atomic E-state index is -0.304. The topological polar surface area (TPSA) is 96.5 Å². The molecule has 26 heavy (non-hydrogen) atoms. The Labute approximate surface area is 149 Å². The highest BCUT2D eigenvalue weighted by molar-refractivity contribution is 5.77. The van der Waals surface area contributed by atoms with E-state index in [4.69, 9.17) is 4.74 Å². The van der Waals surface area contributed by atoms with E-state index in [9.17, 15) is 4.79 Å². The van der Waals surface area contributed by atoms with Gasteiger partial charge in [-0.25, -0.2) is 9.97 Å². The molecule has 0 aliphatic heterocycles. The summed E-state index contributed by atoms with van der Waals surface area (Å²) in [5.41, 5.74) is 1.91. The summed E-state index contributed by atoms with van der Waals surface area (Å²) in [7, 11) is 0. The van der Waals surface area contributed by atoms with Crippen LogP contribution in [0.3, 0.4) is 0 Å². The Hall–Kier alpha value is -3.48. The molecule has 0 fully saturated rings. The van der Waals surface area contributed by atoms with Crippen molar-refractivity contribution >= 4 is 11.2 Å². The van der Waals surface area contributed by atoms with Gasteiger partial charge in [-0.2, -0.15) is 0 Å². The first-order chi connectivity index (χ1) is 12.8. The Balaban J connectivity index is 1.82. The molecule has 7 heteroatoms. The monoisotopic (exact) mass is 347 g/mol. The Kier molecular flexibility index (Phi) is 4.18. The maximum absolute atomic E-state index is 12.5. The molecule has 4 aromatic rings. The molecule has 0 unspecified atom stereocenters. The molecule has 2 N–H and O–H groups in total. The number of pyridine rings is 1. The second-order valence-electron chi connectivity index (χ2n) is 5.78. The van der Waals surface area contributed by atoms with Gasteiger partial charge in [0.05, 0.1) is 12.2 Å². The Morgan fingerprint density at radius 1 is 1.04 bits per heavy atom. The Morgan fingerprint density at radius 2 is 1.92 bits per heavy atom. The fraction of sp³-hybridized carbons (Fsp3) is 0.158. The van der Waals surface area contributed by atoms with E-state index in [0.717, 1.165) is 17.5 Å². The third-order valence-corrected chi connectivity index (χ3v) is 3.89. The second-order valence-corrected chi connectivity index (χ2v) is 5.78. The van der Waals surface area contributed by atoms with Gasteiger partial charge >= 0.3 is 0 Å². The van der Waals surface area contributed by atoms with Gasteiger partial charge in [0.2, 0.25) is 0 Å².